The summed E-state index contributed by atoms with van der Waals surface area (Å²) in [5.74, 6) is 0.0637. The molecule has 1 N–H and O–H groups in total. The van der Waals surface area contributed by atoms with Gasteiger partial charge in [-0.15, -0.1) is 0 Å². The number of ketones is 1. The maximum atomic E-state index is 10.6. The van der Waals surface area contributed by atoms with Gasteiger partial charge in [0, 0.05) is 0 Å². The van der Waals surface area contributed by atoms with Crippen LogP contribution in [0.4, 0.5) is 0 Å². The highest BCUT2D eigenvalue weighted by Crippen LogP contribution is 2.08. The molecular formula is C7H11NOS. The van der Waals surface area contributed by atoms with Gasteiger partial charge < -0.3 is 0 Å². The average molecular weight is 157 g/mol. The Bertz CT molecular complexity index is 184. The average Bonchev–Trinajstić information content (AvgIpc) is 1.82. The van der Waals surface area contributed by atoms with E-state index in [9.17, 15) is 4.79 Å². The molecular weight excluding hydrogens is 146 g/mol. The Balaban J connectivity index is 3.92. The number of carbonyl (C=O) groups excluding carboxylic acids is 1. The van der Waals surface area contributed by atoms with Gasteiger partial charge in [-0.05, 0) is 31.8 Å². The van der Waals surface area contributed by atoms with Gasteiger partial charge in [0.1, 0.15) is 0 Å². The molecule has 0 aliphatic rings. The Labute approximate surface area is 65.2 Å². The summed E-state index contributed by atoms with van der Waals surface area (Å²) in [6.45, 7) is 4.96. The second kappa shape index (κ2) is 4.28. The minimum absolute atomic E-state index is 0.0637. The summed E-state index contributed by atoms with van der Waals surface area (Å²) in [6, 6.07) is 0. The van der Waals surface area contributed by atoms with Crippen LogP contribution in [0.15, 0.2) is 11.0 Å². The normalized spacial score (nSPS) is 11.3. The molecule has 56 valence electrons. The predicted octanol–water partition coefficient (Wildman–Crippen LogP) is 2.21. The van der Waals surface area contributed by atoms with E-state index in [-0.39, 0.29) is 5.78 Å². The fourth-order valence-corrected chi connectivity index (χ4v) is 0.779. The van der Waals surface area contributed by atoms with Gasteiger partial charge in [0.25, 0.3) is 0 Å². The lowest BCUT2D eigenvalue weighted by atomic mass is 10.2. The molecule has 2 nitrogen and oxygen atoms in total. The second-order valence-electron chi connectivity index (χ2n) is 2.03. The first-order valence-corrected chi connectivity index (χ1v) is 3.81. The monoisotopic (exact) mass is 157 g/mol. The number of Topliss-reactive ketones (excluding diaryl/α,β-unsaturated/α-hetero) is 1. The smallest absolute Gasteiger partial charge is 0.156 e. The molecule has 0 saturated carbocycles. The van der Waals surface area contributed by atoms with Crippen molar-refractivity contribution in [3.8, 4) is 0 Å². The lowest BCUT2D eigenvalue weighted by molar-refractivity contribution is -0.113. The van der Waals surface area contributed by atoms with Crippen molar-refractivity contribution in [1.82, 2.24) is 0 Å². The molecule has 0 radical (unpaired) electrons. The third-order valence-corrected chi connectivity index (χ3v) is 1.79. The Morgan fingerprint density at radius 3 is 2.20 bits per heavy atom. The minimum Gasteiger partial charge on any atom is -0.298 e. The molecule has 0 aromatic carbocycles. The van der Waals surface area contributed by atoms with Gasteiger partial charge in [-0.3, -0.25) is 10.2 Å². The van der Waals surface area contributed by atoms with E-state index in [2.05, 4.69) is 0 Å². The van der Waals surface area contributed by atoms with Gasteiger partial charge in [0.05, 0.1) is 5.04 Å². The van der Waals surface area contributed by atoms with Crippen molar-refractivity contribution in [1.29, 1.82) is 5.41 Å². The first-order chi connectivity index (χ1) is 4.54. The molecule has 0 bridgehead atoms. The van der Waals surface area contributed by atoms with Crippen LogP contribution in [-0.4, -0.2) is 10.8 Å². The third kappa shape index (κ3) is 4.32. The van der Waals surface area contributed by atoms with Crippen molar-refractivity contribution in [2.75, 3.05) is 0 Å². The van der Waals surface area contributed by atoms with Gasteiger partial charge in [-0.2, -0.15) is 0 Å². The lowest BCUT2D eigenvalue weighted by Crippen LogP contribution is -1.90. The highest BCUT2D eigenvalue weighted by Gasteiger charge is 1.94. The number of nitrogens with one attached hydrogen (secondary N) is 1. The summed E-state index contributed by atoms with van der Waals surface area (Å²) in [5, 5.41) is 9.24. The van der Waals surface area contributed by atoms with Crippen LogP contribution in [0.3, 0.4) is 0 Å². The van der Waals surface area contributed by atoms with Crippen molar-refractivity contribution in [3.05, 3.63) is 11.0 Å². The third-order valence-electron chi connectivity index (χ3n) is 0.968. The number of hydrogen-bond donors (Lipinski definition) is 1. The summed E-state index contributed by atoms with van der Waals surface area (Å²) in [7, 11) is 0. The van der Waals surface area contributed by atoms with Crippen LogP contribution >= 0.6 is 11.8 Å². The number of allylic oxidation sites excluding steroid dienone is 1. The summed E-state index contributed by atoms with van der Waals surface area (Å²) in [4.78, 5) is 10.6. The van der Waals surface area contributed by atoms with Gasteiger partial charge in [0.15, 0.2) is 5.78 Å². The van der Waals surface area contributed by atoms with Crippen molar-refractivity contribution >= 4 is 22.6 Å². The zero-order chi connectivity index (χ0) is 8.15. The van der Waals surface area contributed by atoms with E-state index in [1.165, 1.54) is 18.7 Å². The Hall–Kier alpha value is -0.570. The van der Waals surface area contributed by atoms with Gasteiger partial charge >= 0.3 is 0 Å². The van der Waals surface area contributed by atoms with Crippen molar-refractivity contribution in [2.45, 2.75) is 20.8 Å². The van der Waals surface area contributed by atoms with Gasteiger partial charge in [-0.1, -0.05) is 11.8 Å². The van der Waals surface area contributed by atoms with Crippen LogP contribution in [0.25, 0.3) is 0 Å². The molecule has 0 saturated heterocycles. The number of rotatable bonds is 2. The zero-order valence-electron chi connectivity index (χ0n) is 6.39. The molecule has 10 heavy (non-hydrogen) atoms. The molecule has 0 heterocycles. The van der Waals surface area contributed by atoms with Crippen LogP contribution in [0.1, 0.15) is 20.8 Å². The van der Waals surface area contributed by atoms with E-state index >= 15 is 0 Å². The first-order valence-electron chi connectivity index (χ1n) is 2.93. The highest BCUT2D eigenvalue weighted by atomic mass is 32.2. The quantitative estimate of drug-likeness (QED) is 0.379. The molecule has 0 atom stereocenters. The van der Waals surface area contributed by atoms with Crippen LogP contribution in [0.5, 0.6) is 0 Å². The lowest BCUT2D eigenvalue weighted by Gasteiger charge is -1.92. The molecule has 0 aliphatic heterocycles. The molecule has 0 aliphatic carbocycles. The summed E-state index contributed by atoms with van der Waals surface area (Å²) >= 11 is 1.27. The fraction of sp³-hybridized carbons (Fsp3) is 0.429. The zero-order valence-corrected chi connectivity index (χ0v) is 7.21. The van der Waals surface area contributed by atoms with E-state index in [4.69, 9.17) is 5.41 Å². The second-order valence-corrected chi connectivity index (χ2v) is 3.11. The molecule has 0 unspecified atom stereocenters. The largest absolute Gasteiger partial charge is 0.298 e. The van der Waals surface area contributed by atoms with Crippen LogP contribution < -0.4 is 0 Å². The van der Waals surface area contributed by atoms with E-state index in [0.717, 1.165) is 0 Å². The summed E-state index contributed by atoms with van der Waals surface area (Å²) in [6.07, 6.45) is 0. The van der Waals surface area contributed by atoms with Crippen LogP contribution in [0.2, 0.25) is 0 Å². The Morgan fingerprint density at radius 1 is 1.40 bits per heavy atom. The minimum atomic E-state index is 0.0637. The molecule has 0 aromatic heterocycles. The molecule has 0 spiro atoms. The molecule has 3 heteroatoms. The van der Waals surface area contributed by atoms with E-state index in [0.29, 0.717) is 10.6 Å². The van der Waals surface area contributed by atoms with Crippen molar-refractivity contribution in [3.63, 3.8) is 0 Å². The van der Waals surface area contributed by atoms with Gasteiger partial charge in [-0.25, -0.2) is 0 Å². The van der Waals surface area contributed by atoms with Gasteiger partial charge in [0.2, 0.25) is 0 Å². The molecule has 0 fully saturated rings. The van der Waals surface area contributed by atoms with Crippen LogP contribution in [-0.2, 0) is 4.79 Å². The predicted molar refractivity (Wildman–Crippen MR) is 45.4 cm³/mol. The highest BCUT2D eigenvalue weighted by molar-refractivity contribution is 8.16. The summed E-state index contributed by atoms with van der Waals surface area (Å²) in [5.41, 5.74) is 0.705. The van der Waals surface area contributed by atoms with E-state index in [1.54, 1.807) is 19.3 Å². The van der Waals surface area contributed by atoms with Crippen molar-refractivity contribution < 1.29 is 4.79 Å². The standard InChI is InChI=1S/C7H11NOS/c1-5(6(2)9)4-10-7(3)8/h4,8H,1-3H3/b5-4+,8-7?. The Morgan fingerprint density at radius 2 is 1.90 bits per heavy atom. The number of carbonyl (C=O) groups is 1. The maximum Gasteiger partial charge on any atom is 0.156 e. The molecule has 0 rings (SSSR count). The van der Waals surface area contributed by atoms with Crippen LogP contribution in [0, 0.1) is 5.41 Å². The number of thioether (sulfide) groups is 1. The molecule has 0 amide bonds. The van der Waals surface area contributed by atoms with Crippen molar-refractivity contribution in [2.24, 2.45) is 0 Å². The molecule has 0 aromatic rings. The van der Waals surface area contributed by atoms with E-state index in [1.807, 2.05) is 0 Å². The maximum absolute atomic E-state index is 10.6. The number of hydrogen-bond acceptors (Lipinski definition) is 3. The topological polar surface area (TPSA) is 40.9 Å². The Kier molecular flexibility index (Phi) is 4.03. The SMILES string of the molecule is CC(=N)S/C=C(\C)C(C)=O. The van der Waals surface area contributed by atoms with E-state index < -0.39 is 0 Å². The fourth-order valence-electron chi connectivity index (χ4n) is 0.260. The summed E-state index contributed by atoms with van der Waals surface area (Å²) < 4.78 is 0. The first kappa shape index (κ1) is 9.43.